The van der Waals surface area contributed by atoms with Gasteiger partial charge >= 0.3 is 12.2 Å². The predicted molar refractivity (Wildman–Crippen MR) is 199 cm³/mol. The zero-order valence-corrected chi connectivity index (χ0v) is 31.7. The summed E-state index contributed by atoms with van der Waals surface area (Å²) in [6, 6.07) is -1.79. The van der Waals surface area contributed by atoms with E-state index in [1.807, 2.05) is 45.0 Å². The number of likely N-dealkylation sites (tertiary alicyclic amines) is 2. The van der Waals surface area contributed by atoms with Gasteiger partial charge in [0.15, 0.2) is 0 Å². The molecular weight excluding hydrogens is 676 g/mol. The second-order valence-corrected chi connectivity index (χ2v) is 15.8. The summed E-state index contributed by atoms with van der Waals surface area (Å²) in [6.45, 7) is 8.75. The molecule has 0 saturated carbocycles. The summed E-state index contributed by atoms with van der Waals surface area (Å²) in [5, 5.41) is 14.4. The molecule has 288 valence electrons. The maximum Gasteiger partial charge on any atom is 0.407 e. The highest BCUT2D eigenvalue weighted by Gasteiger charge is 2.39. The van der Waals surface area contributed by atoms with Crippen LogP contribution in [0, 0.1) is 23.7 Å². The van der Waals surface area contributed by atoms with Crippen LogP contribution in [-0.4, -0.2) is 91.1 Å². The number of nitrogens with one attached hydrogen (secondary N) is 4. The van der Waals surface area contributed by atoms with Crippen LogP contribution in [0.2, 0.25) is 0 Å². The van der Waals surface area contributed by atoms with E-state index in [1.165, 1.54) is 18.3 Å². The first kappa shape index (κ1) is 38.1. The average Bonchev–Trinajstić information content (AvgIpc) is 3.98. The molecule has 2 aromatic heterocycles. The van der Waals surface area contributed by atoms with Gasteiger partial charge in [-0.05, 0) is 99.0 Å². The second kappa shape index (κ2) is 16.6. The Bertz CT molecular complexity index is 1710. The Morgan fingerprint density at radius 1 is 0.755 bits per heavy atom. The van der Waals surface area contributed by atoms with Crippen LogP contribution >= 0.6 is 0 Å². The Labute approximate surface area is 311 Å². The van der Waals surface area contributed by atoms with Crippen LogP contribution in [-0.2, 0) is 14.3 Å². The number of ether oxygens (including phenoxy) is 1. The molecule has 2 aliphatic carbocycles. The number of nitrogens with zero attached hydrogens (tertiary/aromatic N) is 4. The van der Waals surface area contributed by atoms with Crippen LogP contribution in [0.4, 0.5) is 9.59 Å². The molecule has 53 heavy (non-hydrogen) atoms. The molecular formula is C39H56N8O6. The van der Waals surface area contributed by atoms with Crippen molar-refractivity contribution in [3.8, 4) is 0 Å². The number of rotatable bonds is 11. The van der Waals surface area contributed by atoms with Crippen LogP contribution in [0.25, 0.3) is 11.1 Å². The molecule has 6 rings (SSSR count). The van der Waals surface area contributed by atoms with Crippen LogP contribution in [0.3, 0.4) is 0 Å². The van der Waals surface area contributed by atoms with Gasteiger partial charge < -0.3 is 40.2 Å². The van der Waals surface area contributed by atoms with Crippen molar-refractivity contribution in [3.05, 3.63) is 47.6 Å². The first-order valence-corrected chi connectivity index (χ1v) is 19.4. The van der Waals surface area contributed by atoms with Crippen molar-refractivity contribution in [2.24, 2.45) is 23.7 Å². The molecule has 0 bridgehead atoms. The number of carbonyl (C=O) groups excluding carboxylic acids is 3. The third-order valence-electron chi connectivity index (χ3n) is 11.7. The summed E-state index contributed by atoms with van der Waals surface area (Å²) in [6.07, 6.45) is 16.3. The summed E-state index contributed by atoms with van der Waals surface area (Å²) >= 11 is 0. The van der Waals surface area contributed by atoms with Crippen LogP contribution in [0.5, 0.6) is 0 Å². The fourth-order valence-electron chi connectivity index (χ4n) is 8.71. The lowest BCUT2D eigenvalue weighted by molar-refractivity contribution is -0.136. The van der Waals surface area contributed by atoms with Gasteiger partial charge in [0.2, 0.25) is 11.8 Å². The van der Waals surface area contributed by atoms with Gasteiger partial charge in [-0.2, -0.15) is 0 Å². The van der Waals surface area contributed by atoms with E-state index in [0.29, 0.717) is 24.9 Å². The van der Waals surface area contributed by atoms with E-state index in [4.69, 9.17) is 14.7 Å². The van der Waals surface area contributed by atoms with Gasteiger partial charge in [0.05, 0.1) is 30.6 Å². The van der Waals surface area contributed by atoms with E-state index < -0.39 is 24.3 Å². The minimum Gasteiger partial charge on any atom is -0.465 e. The molecule has 2 fully saturated rings. The molecule has 0 radical (unpaired) electrons. The Balaban J connectivity index is 1.04. The summed E-state index contributed by atoms with van der Waals surface area (Å²) in [7, 11) is 1.30. The Morgan fingerprint density at radius 3 is 1.58 bits per heavy atom. The number of allylic oxidation sites excluding steroid dienone is 4. The number of carbonyl (C=O) groups is 4. The summed E-state index contributed by atoms with van der Waals surface area (Å²) in [5.41, 5.74) is 4.37. The van der Waals surface area contributed by atoms with Crippen molar-refractivity contribution in [3.63, 3.8) is 0 Å². The molecule has 4 amide bonds. The van der Waals surface area contributed by atoms with E-state index >= 15 is 0 Å². The van der Waals surface area contributed by atoms with Gasteiger partial charge in [-0.3, -0.25) is 9.59 Å². The van der Waals surface area contributed by atoms with Gasteiger partial charge in [-0.1, -0.05) is 39.8 Å². The number of imidazole rings is 2. The first-order chi connectivity index (χ1) is 25.4. The highest BCUT2D eigenvalue weighted by molar-refractivity contribution is 5.87. The third kappa shape index (κ3) is 8.46. The minimum atomic E-state index is -1.19. The van der Waals surface area contributed by atoms with Crippen molar-refractivity contribution < 1.29 is 29.0 Å². The molecule has 14 heteroatoms. The maximum atomic E-state index is 13.5. The highest BCUT2D eigenvalue weighted by atomic mass is 16.5. The Morgan fingerprint density at radius 2 is 1.21 bits per heavy atom. The monoisotopic (exact) mass is 732 g/mol. The van der Waals surface area contributed by atoms with Gasteiger partial charge in [-0.15, -0.1) is 0 Å². The molecule has 0 spiro atoms. The molecule has 2 saturated heterocycles. The number of hydrogen-bond acceptors (Lipinski definition) is 7. The van der Waals surface area contributed by atoms with Crippen LogP contribution in [0.15, 0.2) is 24.5 Å². The second-order valence-electron chi connectivity index (χ2n) is 15.8. The summed E-state index contributed by atoms with van der Waals surface area (Å²) in [4.78, 5) is 70.5. The first-order valence-electron chi connectivity index (χ1n) is 19.4. The van der Waals surface area contributed by atoms with Crippen molar-refractivity contribution >= 4 is 35.1 Å². The Hall–Kier alpha value is -4.62. The zero-order valence-electron chi connectivity index (χ0n) is 31.7. The quantitative estimate of drug-likeness (QED) is 0.181. The molecule has 0 aromatic carbocycles. The molecule has 5 N–H and O–H groups in total. The largest absolute Gasteiger partial charge is 0.465 e. The lowest BCUT2D eigenvalue weighted by Crippen LogP contribution is -2.51. The van der Waals surface area contributed by atoms with E-state index in [1.54, 1.807) is 4.90 Å². The predicted octanol–water partition coefficient (Wildman–Crippen LogP) is 6.20. The number of aromatic nitrogens is 4. The lowest BCUT2D eigenvalue weighted by Gasteiger charge is -2.32. The standard InChI is InChI=1S/C39H56N8O6/c1-22(2)32(44-38(50)51)36(48)46-18-6-8-30(46)34-40-20-28(42-34)26-14-10-24(11-15-26)25-12-16-27(17-13-25)29-21-41-35(43-29)31-9-7-19-47(31)37(49)33(23(3)4)45-39(52)53-5/h14,16,20-25,30-33,44H,6-13,15,17-19H2,1-5H3,(H,40,42)(H,41,43)(H,45,52)(H,50,51)/t24?,25?,30-,31-,32-,33-/m0/s1. The number of carboxylic acid groups (broad SMARTS) is 1. The van der Waals surface area contributed by atoms with E-state index in [0.717, 1.165) is 87.2 Å². The zero-order chi connectivity index (χ0) is 37.8. The van der Waals surface area contributed by atoms with Gasteiger partial charge in [0, 0.05) is 25.5 Å². The number of amides is 4. The fraction of sp³-hybridized carbons (Fsp3) is 0.641. The minimum absolute atomic E-state index is 0.0822. The highest BCUT2D eigenvalue weighted by Crippen LogP contribution is 2.42. The normalized spacial score (nSPS) is 24.5. The van der Waals surface area contributed by atoms with E-state index in [-0.39, 0.29) is 35.7 Å². The van der Waals surface area contributed by atoms with Crippen LogP contribution < -0.4 is 10.6 Å². The SMILES string of the molecule is COC(=O)N[C@H](C(=O)N1CCC[C@H]1c1nc(C2=CCC(C3CC=C(c4c[nH]c([C@@H]5CCCN5C(=O)[C@@H](NC(=O)O)C(C)C)n4)CC3)CC2)c[nH]1)C(C)C. The van der Waals surface area contributed by atoms with Gasteiger partial charge in [0.25, 0.3) is 0 Å². The lowest BCUT2D eigenvalue weighted by atomic mass is 9.74. The van der Waals surface area contributed by atoms with Crippen LogP contribution in [0.1, 0.15) is 127 Å². The average molecular weight is 733 g/mol. The molecule has 2 unspecified atom stereocenters. The van der Waals surface area contributed by atoms with Gasteiger partial charge in [-0.25, -0.2) is 19.6 Å². The summed E-state index contributed by atoms with van der Waals surface area (Å²) < 4.78 is 4.76. The third-order valence-corrected chi connectivity index (χ3v) is 11.7. The van der Waals surface area contributed by atoms with Crippen molar-refractivity contribution in [1.29, 1.82) is 0 Å². The van der Waals surface area contributed by atoms with Crippen molar-refractivity contribution in [1.82, 2.24) is 40.4 Å². The topological polar surface area (TPSA) is 186 Å². The number of H-pyrrole nitrogens is 2. The molecule has 4 aliphatic rings. The summed E-state index contributed by atoms with van der Waals surface area (Å²) in [5.74, 6) is 2.22. The number of aromatic amines is 2. The number of hydrogen-bond donors (Lipinski definition) is 5. The Kier molecular flexibility index (Phi) is 11.9. The molecule has 6 atom stereocenters. The molecule has 14 nitrogen and oxygen atoms in total. The van der Waals surface area contributed by atoms with Gasteiger partial charge in [0.1, 0.15) is 23.7 Å². The van der Waals surface area contributed by atoms with E-state index in [9.17, 15) is 24.3 Å². The van der Waals surface area contributed by atoms with E-state index in [2.05, 4.69) is 32.8 Å². The van der Waals surface area contributed by atoms with Crippen molar-refractivity contribution in [2.75, 3.05) is 20.2 Å². The number of methoxy groups -OCH3 is 1. The maximum absolute atomic E-state index is 13.5. The molecule has 2 aromatic rings. The smallest absolute Gasteiger partial charge is 0.407 e. The fourth-order valence-corrected chi connectivity index (χ4v) is 8.71. The number of alkyl carbamates (subject to hydrolysis) is 1. The molecule has 4 heterocycles. The molecule has 2 aliphatic heterocycles. The van der Waals surface area contributed by atoms with Crippen molar-refractivity contribution in [2.45, 2.75) is 116 Å².